The summed E-state index contributed by atoms with van der Waals surface area (Å²) in [6.07, 6.45) is 1.63. The highest BCUT2D eigenvalue weighted by Gasteiger charge is 2.48. The van der Waals surface area contributed by atoms with E-state index in [4.69, 9.17) is 10.5 Å². The molecule has 0 unspecified atom stereocenters. The van der Waals surface area contributed by atoms with Crippen LogP contribution in [-0.4, -0.2) is 43.2 Å². The average molecular weight is 198 g/mol. The van der Waals surface area contributed by atoms with E-state index in [9.17, 15) is 4.79 Å². The maximum Gasteiger partial charge on any atom is 0.236 e. The molecule has 3 rings (SSSR count). The van der Waals surface area contributed by atoms with Gasteiger partial charge < -0.3 is 15.4 Å². The highest BCUT2D eigenvalue weighted by molar-refractivity contribution is 5.78. The molecule has 1 aliphatic carbocycles. The Balaban J connectivity index is 1.88. The molecule has 4 nitrogen and oxygen atoms in total. The van der Waals surface area contributed by atoms with Gasteiger partial charge in [0.25, 0.3) is 0 Å². The molecule has 0 radical (unpaired) electrons. The Labute approximate surface area is 84.4 Å². The van der Waals surface area contributed by atoms with Crippen LogP contribution in [0.5, 0.6) is 0 Å². The van der Waals surface area contributed by atoms with Gasteiger partial charge in [-0.1, -0.05) is 0 Å². The molecule has 0 aromatic rings. The molecule has 2 atom stereocenters. The predicted octanol–water partition coefficient (Wildman–Crippen LogP) is -0.171. The zero-order chi connectivity index (χ0) is 10.1. The van der Waals surface area contributed by atoms with E-state index in [1.807, 2.05) is 11.8 Å². The normalized spacial score (nSPS) is 35.3. The van der Waals surface area contributed by atoms with Crippen molar-refractivity contribution in [3.8, 4) is 0 Å². The molecule has 2 bridgehead atoms. The first kappa shape index (κ1) is 9.93. The number of amides is 1. The van der Waals surface area contributed by atoms with E-state index >= 15 is 0 Å². The number of carbonyl (C=O) groups excluding carboxylic acids is 1. The summed E-state index contributed by atoms with van der Waals surface area (Å²) in [6, 6.07) is 0. The number of ether oxygens (including phenoxy) is 1. The Hall–Kier alpha value is -0.610. The minimum Gasteiger partial charge on any atom is -0.378 e. The van der Waals surface area contributed by atoms with Crippen LogP contribution < -0.4 is 5.73 Å². The van der Waals surface area contributed by atoms with Gasteiger partial charge in [0.05, 0.1) is 12.6 Å². The molecule has 80 valence electrons. The molecule has 1 amide bonds. The minimum atomic E-state index is 0.0784. The van der Waals surface area contributed by atoms with E-state index in [1.165, 1.54) is 6.42 Å². The monoisotopic (exact) mass is 198 g/mol. The molecule has 3 aliphatic rings. The summed E-state index contributed by atoms with van der Waals surface area (Å²) in [5.74, 6) is 1.20. The maximum atomic E-state index is 11.4. The third-order valence-electron chi connectivity index (χ3n) is 3.33. The van der Waals surface area contributed by atoms with Crippen LogP contribution in [0.1, 0.15) is 13.3 Å². The molecule has 2 heterocycles. The molecular weight excluding hydrogens is 180 g/mol. The van der Waals surface area contributed by atoms with Gasteiger partial charge in [0.1, 0.15) is 0 Å². The Morgan fingerprint density at radius 2 is 2.14 bits per heavy atom. The fourth-order valence-electron chi connectivity index (χ4n) is 2.64. The molecule has 0 spiro atoms. The summed E-state index contributed by atoms with van der Waals surface area (Å²) in [4.78, 5) is 13.2. The number of hydrogen-bond donors (Lipinski definition) is 1. The largest absolute Gasteiger partial charge is 0.378 e. The van der Waals surface area contributed by atoms with E-state index in [0.717, 1.165) is 19.7 Å². The molecule has 0 aromatic heterocycles. The van der Waals surface area contributed by atoms with Gasteiger partial charge in [0, 0.05) is 31.5 Å². The van der Waals surface area contributed by atoms with Crippen molar-refractivity contribution in [1.82, 2.24) is 4.90 Å². The van der Waals surface area contributed by atoms with Gasteiger partial charge in [-0.2, -0.15) is 0 Å². The molecule has 2 N–H and O–H groups in total. The Morgan fingerprint density at radius 1 is 1.50 bits per heavy atom. The van der Waals surface area contributed by atoms with E-state index in [-0.39, 0.29) is 12.5 Å². The lowest BCUT2D eigenvalue weighted by atomic mass is 9.68. The Bertz CT molecular complexity index is 220. The van der Waals surface area contributed by atoms with E-state index in [0.29, 0.717) is 17.9 Å². The molecule has 14 heavy (non-hydrogen) atoms. The minimum absolute atomic E-state index is 0.0784. The van der Waals surface area contributed by atoms with Crippen molar-refractivity contribution in [3.05, 3.63) is 0 Å². The van der Waals surface area contributed by atoms with Gasteiger partial charge in [-0.05, 0) is 13.3 Å². The van der Waals surface area contributed by atoms with Crippen molar-refractivity contribution in [1.29, 1.82) is 0 Å². The lowest BCUT2D eigenvalue weighted by molar-refractivity contribution is -0.159. The Kier molecular flexibility index (Phi) is 2.74. The molecule has 0 aromatic carbocycles. The lowest BCUT2D eigenvalue weighted by Gasteiger charge is -2.52. The molecule has 4 heteroatoms. The van der Waals surface area contributed by atoms with Gasteiger partial charge in [-0.15, -0.1) is 0 Å². The second-order valence-electron chi connectivity index (χ2n) is 4.18. The van der Waals surface area contributed by atoms with E-state index in [2.05, 4.69) is 0 Å². The molecule has 2 aliphatic heterocycles. The van der Waals surface area contributed by atoms with Crippen molar-refractivity contribution in [2.24, 2.45) is 17.6 Å². The quantitative estimate of drug-likeness (QED) is 0.685. The van der Waals surface area contributed by atoms with Crippen LogP contribution in [0.15, 0.2) is 0 Å². The maximum absolute atomic E-state index is 11.4. The van der Waals surface area contributed by atoms with Gasteiger partial charge >= 0.3 is 0 Å². The van der Waals surface area contributed by atoms with Gasteiger partial charge in [0.2, 0.25) is 5.91 Å². The van der Waals surface area contributed by atoms with Crippen molar-refractivity contribution >= 4 is 5.91 Å². The van der Waals surface area contributed by atoms with Crippen molar-refractivity contribution in [2.75, 3.05) is 26.2 Å². The Morgan fingerprint density at radius 3 is 2.64 bits per heavy atom. The summed E-state index contributed by atoms with van der Waals surface area (Å²) in [7, 11) is 0. The molecule has 1 saturated carbocycles. The summed E-state index contributed by atoms with van der Waals surface area (Å²) in [5, 5.41) is 0. The number of nitrogens with zero attached hydrogens (tertiary/aromatic N) is 1. The van der Waals surface area contributed by atoms with Gasteiger partial charge in [-0.3, -0.25) is 4.79 Å². The van der Waals surface area contributed by atoms with Crippen molar-refractivity contribution in [3.63, 3.8) is 0 Å². The number of fused-ring (bicyclic) bond motifs is 2. The summed E-state index contributed by atoms with van der Waals surface area (Å²) in [5.41, 5.74) is 5.33. The first-order valence-electron chi connectivity index (χ1n) is 5.35. The zero-order valence-corrected chi connectivity index (χ0v) is 8.61. The fraction of sp³-hybridized carbons (Fsp3) is 0.900. The van der Waals surface area contributed by atoms with Crippen LogP contribution in [0.3, 0.4) is 0 Å². The summed E-state index contributed by atoms with van der Waals surface area (Å²) in [6.45, 7) is 4.63. The SMILES string of the molecule is CCOC1[C@H]2C[C@H]1CN(C(=O)CN)C2. The highest BCUT2D eigenvalue weighted by atomic mass is 16.5. The van der Waals surface area contributed by atoms with Crippen LogP contribution in [0.2, 0.25) is 0 Å². The van der Waals surface area contributed by atoms with Gasteiger partial charge in [-0.25, -0.2) is 0 Å². The number of rotatable bonds is 3. The third-order valence-corrected chi connectivity index (χ3v) is 3.33. The van der Waals surface area contributed by atoms with Crippen molar-refractivity contribution < 1.29 is 9.53 Å². The van der Waals surface area contributed by atoms with Crippen LogP contribution in [-0.2, 0) is 9.53 Å². The second-order valence-corrected chi connectivity index (χ2v) is 4.18. The molecule has 3 fully saturated rings. The number of nitrogens with two attached hydrogens (primary N) is 1. The summed E-state index contributed by atoms with van der Waals surface area (Å²) < 4.78 is 5.64. The second kappa shape index (κ2) is 3.87. The first-order chi connectivity index (χ1) is 6.76. The van der Waals surface area contributed by atoms with Gasteiger partial charge in [0.15, 0.2) is 0 Å². The van der Waals surface area contributed by atoms with Crippen LogP contribution in [0, 0.1) is 11.8 Å². The number of carbonyl (C=O) groups is 1. The lowest BCUT2D eigenvalue weighted by Crippen LogP contribution is -2.61. The zero-order valence-electron chi connectivity index (χ0n) is 8.61. The van der Waals surface area contributed by atoms with Crippen LogP contribution in [0.4, 0.5) is 0 Å². The predicted molar refractivity (Wildman–Crippen MR) is 52.6 cm³/mol. The average Bonchev–Trinajstić information content (AvgIpc) is 2.24. The third kappa shape index (κ3) is 1.53. The van der Waals surface area contributed by atoms with Crippen LogP contribution in [0.25, 0.3) is 0 Å². The van der Waals surface area contributed by atoms with E-state index < -0.39 is 0 Å². The highest BCUT2D eigenvalue weighted by Crippen LogP contribution is 2.41. The fourth-order valence-corrected chi connectivity index (χ4v) is 2.64. The van der Waals surface area contributed by atoms with Crippen LogP contribution >= 0.6 is 0 Å². The first-order valence-corrected chi connectivity index (χ1v) is 5.35. The molecular formula is C10H18N2O2. The van der Waals surface area contributed by atoms with Crippen molar-refractivity contribution in [2.45, 2.75) is 19.4 Å². The molecule has 2 saturated heterocycles. The topological polar surface area (TPSA) is 55.6 Å². The number of hydrogen-bond acceptors (Lipinski definition) is 3. The number of piperidine rings is 2. The smallest absolute Gasteiger partial charge is 0.236 e. The van der Waals surface area contributed by atoms with E-state index in [1.54, 1.807) is 0 Å². The standard InChI is InChI=1S/C10H18N2O2/c1-2-14-10-7-3-8(10)6-12(5-7)9(13)4-11/h7-8,10H,2-6,11H2,1H3/t7-,8-/m0/s1. The summed E-state index contributed by atoms with van der Waals surface area (Å²) >= 11 is 0.